The van der Waals surface area contributed by atoms with E-state index in [0.717, 1.165) is 29.9 Å². The lowest BCUT2D eigenvalue weighted by molar-refractivity contribution is -0.153. The predicted octanol–water partition coefficient (Wildman–Crippen LogP) is 3.59. The molecule has 0 spiro atoms. The number of hydrogen-bond acceptors (Lipinski definition) is 4. The van der Waals surface area contributed by atoms with Crippen molar-refractivity contribution in [1.29, 1.82) is 0 Å². The smallest absolute Gasteiger partial charge is 0.422 e. The minimum absolute atomic E-state index is 0. The Morgan fingerprint density at radius 2 is 1.87 bits per heavy atom. The number of aryl methyl sites for hydroxylation is 1. The maximum Gasteiger partial charge on any atom is 0.422 e. The van der Waals surface area contributed by atoms with Crippen molar-refractivity contribution in [3.8, 4) is 5.75 Å². The summed E-state index contributed by atoms with van der Waals surface area (Å²) in [6.45, 7) is -0.120. The molecule has 0 bridgehead atoms. The van der Waals surface area contributed by atoms with Gasteiger partial charge in [-0.25, -0.2) is 0 Å². The molecule has 2 heterocycles. The predicted molar refractivity (Wildman–Crippen MR) is 123 cm³/mol. The van der Waals surface area contributed by atoms with Gasteiger partial charge in [0, 0.05) is 32.8 Å². The van der Waals surface area contributed by atoms with Gasteiger partial charge in [0.2, 0.25) is 0 Å². The number of nitrogens with one attached hydrogen (secondary N) is 2. The van der Waals surface area contributed by atoms with Crippen LogP contribution in [0.25, 0.3) is 5.65 Å². The highest BCUT2D eigenvalue weighted by Crippen LogP contribution is 2.18. The fraction of sp³-hybridized carbons (Fsp3) is 0.350. The molecule has 0 aliphatic heterocycles. The Morgan fingerprint density at radius 3 is 2.58 bits per heavy atom. The summed E-state index contributed by atoms with van der Waals surface area (Å²) in [5, 5.41) is 14.7. The first kappa shape index (κ1) is 24.7. The number of rotatable bonds is 8. The van der Waals surface area contributed by atoms with Crippen molar-refractivity contribution in [3.05, 3.63) is 60.0 Å². The molecule has 0 radical (unpaired) electrons. The summed E-state index contributed by atoms with van der Waals surface area (Å²) in [4.78, 5) is 4.17. The maximum atomic E-state index is 12.2. The van der Waals surface area contributed by atoms with E-state index in [0.29, 0.717) is 19.0 Å². The Kier molecular flexibility index (Phi) is 9.34. The minimum Gasteiger partial charge on any atom is -0.484 e. The fourth-order valence-electron chi connectivity index (χ4n) is 2.79. The van der Waals surface area contributed by atoms with Crippen LogP contribution in [0.1, 0.15) is 17.8 Å². The van der Waals surface area contributed by atoms with Crippen molar-refractivity contribution >= 4 is 35.6 Å². The van der Waals surface area contributed by atoms with E-state index in [1.54, 1.807) is 19.2 Å². The fourth-order valence-corrected chi connectivity index (χ4v) is 2.79. The zero-order valence-corrected chi connectivity index (χ0v) is 19.2. The number of pyridine rings is 1. The Morgan fingerprint density at radius 1 is 1.10 bits per heavy atom. The van der Waals surface area contributed by atoms with Gasteiger partial charge in [-0.1, -0.05) is 18.2 Å². The minimum atomic E-state index is -4.35. The molecule has 11 heteroatoms. The van der Waals surface area contributed by atoms with Crippen LogP contribution in [0.4, 0.5) is 13.2 Å². The van der Waals surface area contributed by atoms with Gasteiger partial charge >= 0.3 is 6.18 Å². The highest BCUT2D eigenvalue weighted by molar-refractivity contribution is 14.0. The van der Waals surface area contributed by atoms with E-state index in [4.69, 9.17) is 4.74 Å². The number of hydrogen-bond donors (Lipinski definition) is 2. The molecular formula is C20H24F3IN6O. The zero-order chi connectivity index (χ0) is 21.4. The van der Waals surface area contributed by atoms with Crippen molar-refractivity contribution in [2.24, 2.45) is 4.99 Å². The second-order valence-electron chi connectivity index (χ2n) is 6.55. The molecule has 0 fully saturated rings. The summed E-state index contributed by atoms with van der Waals surface area (Å²) < 4.78 is 43.2. The lowest BCUT2D eigenvalue weighted by Crippen LogP contribution is -2.37. The van der Waals surface area contributed by atoms with Crippen molar-refractivity contribution in [2.45, 2.75) is 25.6 Å². The molecule has 0 aliphatic rings. The topological polar surface area (TPSA) is 75.8 Å². The van der Waals surface area contributed by atoms with E-state index in [2.05, 4.69) is 25.8 Å². The van der Waals surface area contributed by atoms with Gasteiger partial charge in [-0.05, 0) is 36.2 Å². The largest absolute Gasteiger partial charge is 0.484 e. The van der Waals surface area contributed by atoms with Gasteiger partial charge in [0.15, 0.2) is 18.2 Å². The van der Waals surface area contributed by atoms with Crippen LogP contribution in [0.15, 0.2) is 53.7 Å². The number of alkyl halides is 3. The van der Waals surface area contributed by atoms with E-state index in [9.17, 15) is 13.2 Å². The molecule has 0 aliphatic carbocycles. The van der Waals surface area contributed by atoms with Gasteiger partial charge in [0.25, 0.3) is 0 Å². The molecule has 0 amide bonds. The van der Waals surface area contributed by atoms with Gasteiger partial charge in [0.1, 0.15) is 11.6 Å². The van der Waals surface area contributed by atoms with E-state index in [-0.39, 0.29) is 29.7 Å². The zero-order valence-electron chi connectivity index (χ0n) is 16.9. The molecule has 0 unspecified atom stereocenters. The van der Waals surface area contributed by atoms with Gasteiger partial charge in [-0.2, -0.15) is 13.2 Å². The number of guanidine groups is 1. The van der Waals surface area contributed by atoms with Crippen LogP contribution >= 0.6 is 24.0 Å². The van der Waals surface area contributed by atoms with Crippen LogP contribution < -0.4 is 15.4 Å². The summed E-state index contributed by atoms with van der Waals surface area (Å²) >= 11 is 0. The van der Waals surface area contributed by atoms with Crippen LogP contribution in [0, 0.1) is 0 Å². The van der Waals surface area contributed by atoms with Crippen LogP contribution in [-0.2, 0) is 13.0 Å². The number of aliphatic imine (C=N–C) groups is 1. The third-order valence-electron chi connectivity index (χ3n) is 4.26. The molecule has 3 aromatic rings. The molecule has 2 N–H and O–H groups in total. The summed E-state index contributed by atoms with van der Waals surface area (Å²) in [6.07, 6.45) is -0.784. The number of nitrogens with zero attached hydrogens (tertiary/aromatic N) is 4. The van der Waals surface area contributed by atoms with E-state index < -0.39 is 12.8 Å². The summed E-state index contributed by atoms with van der Waals surface area (Å²) in [5.41, 5.74) is 1.72. The Bertz CT molecular complexity index is 975. The lowest BCUT2D eigenvalue weighted by Gasteiger charge is -2.12. The quantitative estimate of drug-likeness (QED) is 0.195. The van der Waals surface area contributed by atoms with E-state index in [1.807, 2.05) is 28.8 Å². The third-order valence-corrected chi connectivity index (χ3v) is 4.26. The number of benzene rings is 1. The van der Waals surface area contributed by atoms with Crippen LogP contribution in [0.5, 0.6) is 5.75 Å². The summed E-state index contributed by atoms with van der Waals surface area (Å²) in [5.74, 6) is 1.72. The van der Waals surface area contributed by atoms with Crippen LogP contribution in [0.2, 0.25) is 0 Å². The number of ether oxygens (including phenoxy) is 1. The molecule has 0 atom stereocenters. The van der Waals surface area contributed by atoms with E-state index in [1.165, 1.54) is 12.1 Å². The second-order valence-corrected chi connectivity index (χ2v) is 6.55. The van der Waals surface area contributed by atoms with Crippen molar-refractivity contribution in [1.82, 2.24) is 25.2 Å². The highest BCUT2D eigenvalue weighted by atomic mass is 127. The molecule has 2 aromatic heterocycles. The van der Waals surface area contributed by atoms with Gasteiger partial charge in [-0.15, -0.1) is 34.2 Å². The summed E-state index contributed by atoms with van der Waals surface area (Å²) in [7, 11) is 1.68. The van der Waals surface area contributed by atoms with Gasteiger partial charge in [0.05, 0.1) is 0 Å². The Hall–Kier alpha value is -2.57. The monoisotopic (exact) mass is 548 g/mol. The number of aromatic nitrogens is 3. The molecule has 0 saturated carbocycles. The molecule has 7 nitrogen and oxygen atoms in total. The van der Waals surface area contributed by atoms with Crippen LogP contribution in [-0.4, -0.2) is 46.9 Å². The molecule has 31 heavy (non-hydrogen) atoms. The Labute approximate surface area is 195 Å². The van der Waals surface area contributed by atoms with Crippen molar-refractivity contribution in [2.75, 3.05) is 20.2 Å². The molecule has 1 aromatic carbocycles. The first-order chi connectivity index (χ1) is 14.4. The van der Waals surface area contributed by atoms with Crippen LogP contribution in [0.3, 0.4) is 0 Å². The normalized spacial score (nSPS) is 11.8. The summed E-state index contributed by atoms with van der Waals surface area (Å²) in [6, 6.07) is 12.2. The standard InChI is InChI=1S/C20H23F3N6O.HI/c1-24-19(25-11-4-6-18-28-27-17-5-2-3-12-29(17)18)26-13-15-7-9-16(10-8-15)30-14-20(21,22)23;/h2-3,5,7-10,12H,4,6,11,13-14H2,1H3,(H2,24,25,26);1H. The number of fused-ring (bicyclic) bond motifs is 1. The average molecular weight is 548 g/mol. The molecule has 0 saturated heterocycles. The first-order valence-electron chi connectivity index (χ1n) is 9.46. The van der Waals surface area contributed by atoms with Crippen molar-refractivity contribution in [3.63, 3.8) is 0 Å². The lowest BCUT2D eigenvalue weighted by atomic mass is 10.2. The van der Waals surface area contributed by atoms with Crippen molar-refractivity contribution < 1.29 is 17.9 Å². The van der Waals surface area contributed by atoms with E-state index >= 15 is 0 Å². The Balaban J connectivity index is 0.00000341. The average Bonchev–Trinajstić information content (AvgIpc) is 3.15. The highest BCUT2D eigenvalue weighted by Gasteiger charge is 2.28. The second kappa shape index (κ2) is 11.7. The maximum absolute atomic E-state index is 12.2. The first-order valence-corrected chi connectivity index (χ1v) is 9.46. The number of halogens is 4. The molecule has 168 valence electrons. The SMILES string of the molecule is CN=C(NCCCc1nnc2ccccn12)NCc1ccc(OCC(F)(F)F)cc1.I. The molecule has 3 rings (SSSR count). The third kappa shape index (κ3) is 7.89. The molecular weight excluding hydrogens is 524 g/mol. The van der Waals surface area contributed by atoms with Gasteiger partial charge < -0.3 is 15.4 Å². The van der Waals surface area contributed by atoms with Gasteiger partial charge in [-0.3, -0.25) is 9.39 Å².